The van der Waals surface area contributed by atoms with Gasteiger partial charge in [0, 0.05) is 12.1 Å². The van der Waals surface area contributed by atoms with Gasteiger partial charge in [-0.25, -0.2) is 0 Å². The lowest BCUT2D eigenvalue weighted by atomic mass is 9.90. The van der Waals surface area contributed by atoms with E-state index >= 15 is 0 Å². The highest BCUT2D eigenvalue weighted by Gasteiger charge is 2.35. The zero-order valence-electron chi connectivity index (χ0n) is 9.59. The Labute approximate surface area is 92.6 Å². The fourth-order valence-corrected chi connectivity index (χ4v) is 3.65. The molecule has 1 aliphatic rings. The Balaban J connectivity index is 2.63. The van der Waals surface area contributed by atoms with Gasteiger partial charge in [-0.15, -0.1) is 0 Å². The summed E-state index contributed by atoms with van der Waals surface area (Å²) in [5, 5.41) is 0. The van der Waals surface area contributed by atoms with E-state index in [-0.39, 0.29) is 0 Å². The standard InChI is InChI=1S/C11H24N2S/c1-3-7-13(4-2)11(10-12)5-8-14-9-6-11/h3-10,12H2,1-2H3. The number of hydrogen-bond acceptors (Lipinski definition) is 3. The van der Waals surface area contributed by atoms with E-state index in [9.17, 15) is 0 Å². The first-order valence-corrected chi connectivity index (χ1v) is 6.97. The van der Waals surface area contributed by atoms with Gasteiger partial charge in [0.05, 0.1) is 0 Å². The zero-order valence-corrected chi connectivity index (χ0v) is 10.4. The number of nitrogens with zero attached hydrogens (tertiary/aromatic N) is 1. The van der Waals surface area contributed by atoms with Crippen LogP contribution in [0.4, 0.5) is 0 Å². The van der Waals surface area contributed by atoms with Gasteiger partial charge in [-0.2, -0.15) is 11.8 Å². The van der Waals surface area contributed by atoms with Crippen LogP contribution in [0.5, 0.6) is 0 Å². The van der Waals surface area contributed by atoms with Crippen molar-refractivity contribution in [2.75, 3.05) is 31.1 Å². The van der Waals surface area contributed by atoms with Gasteiger partial charge < -0.3 is 5.73 Å². The molecule has 0 aromatic heterocycles. The topological polar surface area (TPSA) is 29.3 Å². The van der Waals surface area contributed by atoms with E-state index < -0.39 is 0 Å². The smallest absolute Gasteiger partial charge is 0.0347 e. The van der Waals surface area contributed by atoms with Gasteiger partial charge in [0.1, 0.15) is 0 Å². The first kappa shape index (κ1) is 12.3. The summed E-state index contributed by atoms with van der Waals surface area (Å²) in [4.78, 5) is 2.60. The quantitative estimate of drug-likeness (QED) is 0.761. The van der Waals surface area contributed by atoms with Gasteiger partial charge >= 0.3 is 0 Å². The van der Waals surface area contributed by atoms with Crippen LogP contribution in [-0.2, 0) is 0 Å². The van der Waals surface area contributed by atoms with Crippen LogP contribution >= 0.6 is 11.8 Å². The van der Waals surface area contributed by atoms with Gasteiger partial charge in [-0.1, -0.05) is 13.8 Å². The van der Waals surface area contributed by atoms with E-state index in [1.807, 2.05) is 0 Å². The minimum atomic E-state index is 0.329. The molecule has 0 aromatic rings. The fraction of sp³-hybridized carbons (Fsp3) is 1.00. The lowest BCUT2D eigenvalue weighted by Crippen LogP contribution is -2.56. The number of rotatable bonds is 5. The molecule has 2 N–H and O–H groups in total. The molecule has 2 nitrogen and oxygen atoms in total. The number of hydrogen-bond donors (Lipinski definition) is 1. The Morgan fingerprint density at radius 3 is 2.36 bits per heavy atom. The van der Waals surface area contributed by atoms with Crippen molar-refractivity contribution >= 4 is 11.8 Å². The second-order valence-electron chi connectivity index (χ2n) is 4.12. The SMILES string of the molecule is CCCN(CC)C1(CN)CCSCC1. The minimum absolute atomic E-state index is 0.329. The van der Waals surface area contributed by atoms with Crippen molar-refractivity contribution < 1.29 is 0 Å². The Morgan fingerprint density at radius 1 is 1.29 bits per heavy atom. The highest BCUT2D eigenvalue weighted by molar-refractivity contribution is 7.99. The third-order valence-corrected chi connectivity index (χ3v) is 4.34. The monoisotopic (exact) mass is 216 g/mol. The molecule has 0 atom stereocenters. The Bertz CT molecular complexity index is 155. The van der Waals surface area contributed by atoms with Crippen LogP contribution in [0.15, 0.2) is 0 Å². The van der Waals surface area contributed by atoms with Crippen LogP contribution in [0, 0.1) is 0 Å². The van der Waals surface area contributed by atoms with Crippen LogP contribution < -0.4 is 5.73 Å². The van der Waals surface area contributed by atoms with Crippen LogP contribution in [0.2, 0.25) is 0 Å². The number of thioether (sulfide) groups is 1. The molecule has 0 aromatic carbocycles. The molecule has 3 heteroatoms. The fourth-order valence-electron chi connectivity index (χ4n) is 2.40. The minimum Gasteiger partial charge on any atom is -0.329 e. The zero-order chi connectivity index (χ0) is 10.4. The summed E-state index contributed by atoms with van der Waals surface area (Å²) in [5.74, 6) is 2.58. The molecule has 1 aliphatic heterocycles. The first-order chi connectivity index (χ1) is 6.79. The summed E-state index contributed by atoms with van der Waals surface area (Å²) in [7, 11) is 0. The van der Waals surface area contributed by atoms with Gasteiger partial charge in [-0.05, 0) is 43.9 Å². The molecular formula is C11H24N2S. The van der Waals surface area contributed by atoms with Crippen molar-refractivity contribution in [1.82, 2.24) is 4.90 Å². The van der Waals surface area contributed by atoms with Crippen molar-refractivity contribution in [3.63, 3.8) is 0 Å². The predicted molar refractivity (Wildman–Crippen MR) is 65.9 cm³/mol. The average molecular weight is 216 g/mol. The molecule has 0 amide bonds. The van der Waals surface area contributed by atoms with E-state index in [1.54, 1.807) is 0 Å². The van der Waals surface area contributed by atoms with Crippen molar-refractivity contribution in [3.8, 4) is 0 Å². The van der Waals surface area contributed by atoms with E-state index in [1.165, 1.54) is 37.3 Å². The molecule has 0 unspecified atom stereocenters. The molecule has 14 heavy (non-hydrogen) atoms. The van der Waals surface area contributed by atoms with Crippen molar-refractivity contribution in [3.05, 3.63) is 0 Å². The molecule has 1 heterocycles. The third kappa shape index (κ3) is 2.65. The van der Waals surface area contributed by atoms with E-state index in [2.05, 4.69) is 30.5 Å². The molecule has 0 spiro atoms. The highest BCUT2D eigenvalue weighted by Crippen LogP contribution is 2.31. The predicted octanol–water partition coefficient (Wildman–Crippen LogP) is 1.94. The summed E-state index contributed by atoms with van der Waals surface area (Å²) in [6.07, 6.45) is 3.80. The molecule has 0 radical (unpaired) electrons. The Hall–Kier alpha value is 0.270. The molecule has 0 saturated carbocycles. The summed E-state index contributed by atoms with van der Waals surface area (Å²) >= 11 is 2.08. The van der Waals surface area contributed by atoms with E-state index in [4.69, 9.17) is 5.73 Å². The van der Waals surface area contributed by atoms with Gasteiger partial charge in [-0.3, -0.25) is 4.90 Å². The molecule has 84 valence electrons. The Kier molecular flexibility index (Phi) is 5.28. The molecule has 0 aliphatic carbocycles. The maximum atomic E-state index is 5.99. The van der Waals surface area contributed by atoms with Crippen molar-refractivity contribution in [1.29, 1.82) is 0 Å². The lowest BCUT2D eigenvalue weighted by Gasteiger charge is -2.45. The van der Waals surface area contributed by atoms with Crippen LogP contribution in [0.3, 0.4) is 0 Å². The molecule has 1 saturated heterocycles. The number of nitrogens with two attached hydrogens (primary N) is 1. The first-order valence-electron chi connectivity index (χ1n) is 5.82. The van der Waals surface area contributed by atoms with Crippen LogP contribution in [0.1, 0.15) is 33.1 Å². The molecular weight excluding hydrogens is 192 g/mol. The van der Waals surface area contributed by atoms with Crippen molar-refractivity contribution in [2.45, 2.75) is 38.6 Å². The lowest BCUT2D eigenvalue weighted by molar-refractivity contribution is 0.0906. The second kappa shape index (κ2) is 5.99. The maximum Gasteiger partial charge on any atom is 0.0347 e. The summed E-state index contributed by atoms with van der Waals surface area (Å²) in [6.45, 7) is 7.70. The van der Waals surface area contributed by atoms with E-state index in [0.29, 0.717) is 5.54 Å². The summed E-state index contributed by atoms with van der Waals surface area (Å²) in [5.41, 5.74) is 6.32. The molecule has 1 rings (SSSR count). The highest BCUT2D eigenvalue weighted by atomic mass is 32.2. The third-order valence-electron chi connectivity index (χ3n) is 3.35. The van der Waals surface area contributed by atoms with Gasteiger partial charge in [0.25, 0.3) is 0 Å². The average Bonchev–Trinajstić information content (AvgIpc) is 2.27. The second-order valence-corrected chi connectivity index (χ2v) is 5.35. The summed E-state index contributed by atoms with van der Waals surface area (Å²) in [6, 6.07) is 0. The van der Waals surface area contributed by atoms with Crippen LogP contribution in [0.25, 0.3) is 0 Å². The Morgan fingerprint density at radius 2 is 1.93 bits per heavy atom. The van der Waals surface area contributed by atoms with Crippen molar-refractivity contribution in [2.24, 2.45) is 5.73 Å². The summed E-state index contributed by atoms with van der Waals surface area (Å²) < 4.78 is 0. The normalized spacial score (nSPS) is 21.4. The van der Waals surface area contributed by atoms with Gasteiger partial charge in [0.2, 0.25) is 0 Å². The van der Waals surface area contributed by atoms with E-state index in [0.717, 1.165) is 13.1 Å². The molecule has 0 bridgehead atoms. The molecule has 1 fully saturated rings. The number of likely N-dealkylation sites (N-methyl/N-ethyl adjacent to an activating group) is 1. The maximum absolute atomic E-state index is 5.99. The largest absolute Gasteiger partial charge is 0.329 e. The van der Waals surface area contributed by atoms with Gasteiger partial charge in [0.15, 0.2) is 0 Å². The van der Waals surface area contributed by atoms with Crippen LogP contribution in [-0.4, -0.2) is 41.6 Å².